The zero-order valence-electron chi connectivity index (χ0n) is 8.72. The van der Waals surface area contributed by atoms with E-state index in [-0.39, 0.29) is 11.3 Å². The molecule has 2 rings (SSSR count). The van der Waals surface area contributed by atoms with E-state index >= 15 is 0 Å². The van der Waals surface area contributed by atoms with E-state index in [1.165, 1.54) is 6.20 Å². The van der Waals surface area contributed by atoms with Gasteiger partial charge in [-0.3, -0.25) is 0 Å². The summed E-state index contributed by atoms with van der Waals surface area (Å²) in [5.74, 6) is -4.16. The van der Waals surface area contributed by atoms with Crippen LogP contribution >= 0.6 is 0 Å². The normalized spacial score (nSPS) is 10.6. The molecule has 2 aromatic rings. The predicted octanol–water partition coefficient (Wildman–Crippen LogP) is 2.16. The van der Waals surface area contributed by atoms with Gasteiger partial charge in [-0.15, -0.1) is 0 Å². The van der Waals surface area contributed by atoms with Gasteiger partial charge in [0.1, 0.15) is 0 Å². The van der Waals surface area contributed by atoms with Crippen molar-refractivity contribution < 1.29 is 13.2 Å². The number of hydrogen-bond acceptors (Lipinski definition) is 2. The van der Waals surface area contributed by atoms with Gasteiger partial charge in [0.2, 0.25) is 0 Å². The molecule has 0 aliphatic rings. The Bertz CT molecular complexity index is 614. The molecule has 0 saturated heterocycles. The van der Waals surface area contributed by atoms with Crippen LogP contribution in [0.4, 0.5) is 13.2 Å². The first-order valence-electron chi connectivity index (χ1n) is 4.70. The molecule has 1 aromatic carbocycles. The van der Waals surface area contributed by atoms with Crippen LogP contribution in [0.3, 0.4) is 0 Å². The summed E-state index contributed by atoms with van der Waals surface area (Å²) in [6.07, 6.45) is 1.27. The lowest BCUT2D eigenvalue weighted by molar-refractivity contribution is 0.447. The number of nitrogens with one attached hydrogen (secondary N) is 1. The standard InChI is InChI=1S/C11H7F3N2O/c1-5-4-15-11(17)16-10(5)6-2-7(12)9(14)8(13)3-6/h2-4H,1H3,(H,15,16,17). The van der Waals surface area contributed by atoms with Gasteiger partial charge in [-0.05, 0) is 24.6 Å². The molecule has 0 radical (unpaired) electrons. The number of rotatable bonds is 1. The highest BCUT2D eigenvalue weighted by atomic mass is 19.2. The Balaban J connectivity index is 2.69. The first-order chi connectivity index (χ1) is 7.99. The van der Waals surface area contributed by atoms with E-state index < -0.39 is 23.1 Å². The van der Waals surface area contributed by atoms with Crippen molar-refractivity contribution in [1.29, 1.82) is 0 Å². The molecule has 6 heteroatoms. The molecule has 0 atom stereocenters. The summed E-state index contributed by atoms with van der Waals surface area (Å²) in [6.45, 7) is 1.61. The summed E-state index contributed by atoms with van der Waals surface area (Å²) in [7, 11) is 0. The van der Waals surface area contributed by atoms with E-state index in [1.54, 1.807) is 6.92 Å². The molecule has 0 unspecified atom stereocenters. The molecule has 0 bridgehead atoms. The number of aromatic nitrogens is 2. The van der Waals surface area contributed by atoms with Gasteiger partial charge < -0.3 is 4.98 Å². The summed E-state index contributed by atoms with van der Waals surface area (Å²) in [5, 5.41) is 0. The smallest absolute Gasteiger partial charge is 0.305 e. The van der Waals surface area contributed by atoms with Crippen molar-refractivity contribution in [3.05, 3.63) is 51.8 Å². The van der Waals surface area contributed by atoms with Crippen molar-refractivity contribution in [2.75, 3.05) is 0 Å². The maximum Gasteiger partial charge on any atom is 0.345 e. The lowest BCUT2D eigenvalue weighted by Gasteiger charge is -2.05. The minimum atomic E-state index is -1.54. The Hall–Kier alpha value is -2.11. The maximum atomic E-state index is 13.0. The number of hydrogen-bond donors (Lipinski definition) is 1. The highest BCUT2D eigenvalue weighted by Crippen LogP contribution is 2.23. The van der Waals surface area contributed by atoms with Crippen molar-refractivity contribution in [2.45, 2.75) is 6.92 Å². The zero-order chi connectivity index (χ0) is 12.6. The van der Waals surface area contributed by atoms with Crippen molar-refractivity contribution in [3.8, 4) is 11.3 Å². The van der Waals surface area contributed by atoms with Crippen molar-refractivity contribution in [1.82, 2.24) is 9.97 Å². The second kappa shape index (κ2) is 4.04. The summed E-state index contributed by atoms with van der Waals surface area (Å²) in [5.41, 5.74) is 0.145. The summed E-state index contributed by atoms with van der Waals surface area (Å²) in [6, 6.07) is 1.63. The Kier molecular flexibility index (Phi) is 2.71. The highest BCUT2D eigenvalue weighted by Gasteiger charge is 2.13. The Labute approximate surface area is 94.0 Å². The van der Waals surface area contributed by atoms with Gasteiger partial charge in [0.05, 0.1) is 5.69 Å². The average molecular weight is 240 g/mol. The van der Waals surface area contributed by atoms with Crippen molar-refractivity contribution >= 4 is 0 Å². The van der Waals surface area contributed by atoms with Crippen LogP contribution in [0.1, 0.15) is 5.56 Å². The van der Waals surface area contributed by atoms with Crippen LogP contribution in [0.2, 0.25) is 0 Å². The third-order valence-electron chi connectivity index (χ3n) is 2.27. The Morgan fingerprint density at radius 1 is 1.18 bits per heavy atom. The number of aromatic amines is 1. The van der Waals surface area contributed by atoms with E-state index in [0.29, 0.717) is 5.56 Å². The molecule has 1 N–H and O–H groups in total. The Morgan fingerprint density at radius 2 is 1.76 bits per heavy atom. The second-order valence-electron chi connectivity index (χ2n) is 3.50. The van der Waals surface area contributed by atoms with Crippen LogP contribution in [0.5, 0.6) is 0 Å². The molecule has 0 saturated carbocycles. The number of benzene rings is 1. The lowest BCUT2D eigenvalue weighted by Crippen LogP contribution is -2.11. The molecule has 17 heavy (non-hydrogen) atoms. The van der Waals surface area contributed by atoms with Gasteiger partial charge in [-0.1, -0.05) is 0 Å². The van der Waals surface area contributed by atoms with Gasteiger partial charge in [0, 0.05) is 11.8 Å². The molecule has 0 fully saturated rings. The third kappa shape index (κ3) is 2.06. The van der Waals surface area contributed by atoms with Gasteiger partial charge in [0.15, 0.2) is 17.5 Å². The van der Waals surface area contributed by atoms with E-state index in [1.807, 2.05) is 0 Å². The fourth-order valence-electron chi connectivity index (χ4n) is 1.46. The maximum absolute atomic E-state index is 13.0. The molecule has 1 aromatic heterocycles. The van der Waals surface area contributed by atoms with E-state index in [4.69, 9.17) is 0 Å². The topological polar surface area (TPSA) is 45.8 Å². The van der Waals surface area contributed by atoms with Gasteiger partial charge in [0.25, 0.3) is 0 Å². The van der Waals surface area contributed by atoms with Crippen LogP contribution in [0.25, 0.3) is 11.3 Å². The van der Waals surface area contributed by atoms with Crippen LogP contribution in [0, 0.1) is 24.4 Å². The van der Waals surface area contributed by atoms with E-state index in [9.17, 15) is 18.0 Å². The van der Waals surface area contributed by atoms with Gasteiger partial charge in [-0.25, -0.2) is 22.9 Å². The Morgan fingerprint density at radius 3 is 2.35 bits per heavy atom. The highest BCUT2D eigenvalue weighted by molar-refractivity contribution is 5.62. The quantitative estimate of drug-likeness (QED) is 0.776. The summed E-state index contributed by atoms with van der Waals surface area (Å²) in [4.78, 5) is 16.8. The van der Waals surface area contributed by atoms with Gasteiger partial charge >= 0.3 is 5.69 Å². The zero-order valence-corrected chi connectivity index (χ0v) is 8.72. The molecule has 0 amide bonds. The first-order valence-corrected chi connectivity index (χ1v) is 4.70. The van der Waals surface area contributed by atoms with Crippen molar-refractivity contribution in [3.63, 3.8) is 0 Å². The van der Waals surface area contributed by atoms with Gasteiger partial charge in [-0.2, -0.15) is 0 Å². The van der Waals surface area contributed by atoms with Crippen LogP contribution in [0.15, 0.2) is 23.1 Å². The molecular formula is C11H7F3N2O. The van der Waals surface area contributed by atoms with Crippen molar-refractivity contribution in [2.24, 2.45) is 0 Å². The van der Waals surface area contributed by atoms with Crippen LogP contribution < -0.4 is 5.69 Å². The number of aryl methyl sites for hydroxylation is 1. The fourth-order valence-corrected chi connectivity index (χ4v) is 1.46. The number of nitrogens with zero attached hydrogens (tertiary/aromatic N) is 1. The summed E-state index contributed by atoms with van der Waals surface area (Å²) < 4.78 is 38.8. The molecular weight excluding hydrogens is 233 g/mol. The molecule has 1 heterocycles. The number of halogens is 3. The molecule has 0 aliphatic heterocycles. The largest absolute Gasteiger partial charge is 0.345 e. The van der Waals surface area contributed by atoms with E-state index in [0.717, 1.165) is 12.1 Å². The second-order valence-corrected chi connectivity index (χ2v) is 3.50. The lowest BCUT2D eigenvalue weighted by atomic mass is 10.1. The van der Waals surface area contributed by atoms with Crippen LogP contribution in [-0.2, 0) is 0 Å². The first kappa shape index (κ1) is 11.4. The minimum Gasteiger partial charge on any atom is -0.305 e. The molecule has 3 nitrogen and oxygen atoms in total. The number of H-pyrrole nitrogens is 1. The SMILES string of the molecule is Cc1cnc(=O)[nH]c1-c1cc(F)c(F)c(F)c1. The van der Waals surface area contributed by atoms with Crippen LogP contribution in [-0.4, -0.2) is 9.97 Å². The molecule has 0 aliphatic carbocycles. The third-order valence-corrected chi connectivity index (χ3v) is 2.27. The predicted molar refractivity (Wildman–Crippen MR) is 54.9 cm³/mol. The molecule has 0 spiro atoms. The summed E-state index contributed by atoms with van der Waals surface area (Å²) >= 11 is 0. The fraction of sp³-hybridized carbons (Fsp3) is 0.0909. The van der Waals surface area contributed by atoms with E-state index in [2.05, 4.69) is 9.97 Å². The molecule has 88 valence electrons. The minimum absolute atomic E-state index is 0.0541. The average Bonchev–Trinajstić information content (AvgIpc) is 2.28. The monoisotopic (exact) mass is 240 g/mol.